The van der Waals surface area contributed by atoms with Gasteiger partial charge in [-0.1, -0.05) is 0 Å². The zero-order valence-corrected chi connectivity index (χ0v) is 15.2. The molecule has 6 nitrogen and oxygen atoms in total. The molecule has 3 rings (SSSR count). The number of benzene rings is 1. The van der Waals surface area contributed by atoms with Crippen molar-refractivity contribution < 1.29 is 40.0 Å². The maximum Gasteiger partial charge on any atom is 0.578 e. The Morgan fingerprint density at radius 2 is 1.75 bits per heavy atom. The number of anilines is 1. The molecule has 0 radical (unpaired) electrons. The largest absolute Gasteiger partial charge is 0.604 e. The van der Waals surface area contributed by atoms with Gasteiger partial charge in [0.2, 0.25) is 10.6 Å². The summed E-state index contributed by atoms with van der Waals surface area (Å²) in [6, 6.07) is 2.29. The van der Waals surface area contributed by atoms with E-state index in [4.69, 9.17) is 11.0 Å². The standard InChI is InChI=1S/C13H4BrF7N4O2S/c14-6-1-4-5(12(17,18)27-11(4,15)16)2-8(6)25-10(23)9(7(3-22)24-25)28(26)13(19,20)21/h1-2H,23H2. The van der Waals surface area contributed by atoms with Crippen LogP contribution in [0.5, 0.6) is 0 Å². The minimum absolute atomic E-state index is 0.324. The van der Waals surface area contributed by atoms with Crippen LogP contribution in [-0.4, -0.2) is 19.8 Å². The molecule has 2 aromatic rings. The van der Waals surface area contributed by atoms with Crippen molar-refractivity contribution in [2.75, 3.05) is 5.73 Å². The fourth-order valence-corrected chi connectivity index (χ4v) is 3.73. The van der Waals surface area contributed by atoms with Crippen LogP contribution in [0.4, 0.5) is 36.6 Å². The maximum absolute atomic E-state index is 13.8. The molecule has 150 valence electrons. The lowest BCUT2D eigenvalue weighted by Crippen LogP contribution is -2.24. The van der Waals surface area contributed by atoms with Gasteiger partial charge in [0, 0.05) is 4.47 Å². The molecule has 1 atom stereocenters. The molecule has 0 saturated heterocycles. The van der Waals surface area contributed by atoms with Gasteiger partial charge in [0.1, 0.15) is 17.2 Å². The van der Waals surface area contributed by atoms with E-state index in [2.05, 4.69) is 25.8 Å². The first-order valence-electron chi connectivity index (χ1n) is 6.78. The third-order valence-corrected chi connectivity index (χ3v) is 5.40. The first-order valence-corrected chi connectivity index (χ1v) is 8.73. The second-order valence-electron chi connectivity index (χ2n) is 5.29. The summed E-state index contributed by atoms with van der Waals surface area (Å²) in [5, 5.41) is 12.4. The fourth-order valence-electron chi connectivity index (χ4n) is 2.45. The molecular formula is C13H4BrF7N4O2S. The number of aromatic nitrogens is 2. The number of alkyl halides is 7. The molecule has 0 amide bonds. The van der Waals surface area contributed by atoms with Crippen LogP contribution in [0, 0.1) is 11.3 Å². The summed E-state index contributed by atoms with van der Waals surface area (Å²) in [7, 11) is 0. The number of halogens is 8. The number of hydrogen-bond donors (Lipinski definition) is 1. The summed E-state index contributed by atoms with van der Waals surface area (Å²) in [6.07, 6.45) is -8.73. The van der Waals surface area contributed by atoms with Crippen LogP contribution in [-0.2, 0) is 28.1 Å². The molecule has 1 aliphatic rings. The van der Waals surface area contributed by atoms with E-state index in [0.717, 1.165) is 0 Å². The van der Waals surface area contributed by atoms with Crippen LogP contribution < -0.4 is 5.73 Å². The van der Waals surface area contributed by atoms with Gasteiger partial charge < -0.3 is 10.3 Å². The summed E-state index contributed by atoms with van der Waals surface area (Å²) < 4.78 is 108. The lowest BCUT2D eigenvalue weighted by atomic mass is 10.1. The summed E-state index contributed by atoms with van der Waals surface area (Å²) in [4.78, 5) is -1.18. The Bertz CT molecular complexity index is 1020. The van der Waals surface area contributed by atoms with Crippen molar-refractivity contribution in [2.45, 2.75) is 22.6 Å². The van der Waals surface area contributed by atoms with Crippen LogP contribution >= 0.6 is 15.9 Å². The molecule has 0 fully saturated rings. The van der Waals surface area contributed by atoms with Gasteiger partial charge >= 0.3 is 17.7 Å². The van der Waals surface area contributed by atoms with Gasteiger partial charge in [-0.15, -0.1) is 18.3 Å². The van der Waals surface area contributed by atoms with Gasteiger partial charge in [0.25, 0.3) is 0 Å². The Morgan fingerprint density at radius 1 is 1.21 bits per heavy atom. The number of ether oxygens (including phenoxy) is 1. The van der Waals surface area contributed by atoms with Crippen LogP contribution in [0.3, 0.4) is 0 Å². The Labute approximate surface area is 162 Å². The van der Waals surface area contributed by atoms with Crippen molar-refractivity contribution in [1.82, 2.24) is 9.78 Å². The summed E-state index contributed by atoms with van der Waals surface area (Å²) in [5.74, 6) is -0.943. The molecular weight excluding hydrogens is 489 g/mol. The van der Waals surface area contributed by atoms with Crippen molar-refractivity contribution in [3.8, 4) is 11.8 Å². The SMILES string of the molecule is N#Cc1nn(-c2cc3c(cc2Br)C(F)(F)OC3(F)F)c(N)c1[S+]([O-])C(F)(F)F. The number of nitriles is 1. The molecule has 0 bridgehead atoms. The zero-order chi connectivity index (χ0) is 21.2. The Balaban J connectivity index is 2.25. The van der Waals surface area contributed by atoms with Gasteiger partial charge in [0.15, 0.2) is 5.82 Å². The molecule has 2 N–H and O–H groups in total. The molecule has 1 aromatic carbocycles. The minimum Gasteiger partial charge on any atom is -0.604 e. The predicted molar refractivity (Wildman–Crippen MR) is 81.7 cm³/mol. The summed E-state index contributed by atoms with van der Waals surface area (Å²) in [5.41, 5.74) is -3.71. The number of rotatable bonds is 2. The number of nitrogens with zero attached hydrogens (tertiary/aromatic N) is 3. The number of nitrogen functional groups attached to an aromatic ring is 1. The average Bonchev–Trinajstić information content (AvgIpc) is 2.96. The molecule has 0 spiro atoms. The quantitative estimate of drug-likeness (QED) is 0.507. The zero-order valence-electron chi connectivity index (χ0n) is 12.8. The van der Waals surface area contributed by atoms with Crippen molar-refractivity contribution in [3.63, 3.8) is 0 Å². The topological polar surface area (TPSA) is 99.9 Å². The highest BCUT2D eigenvalue weighted by Crippen LogP contribution is 2.52. The van der Waals surface area contributed by atoms with Crippen LogP contribution in [0.1, 0.15) is 16.8 Å². The molecule has 1 aliphatic heterocycles. The second kappa shape index (κ2) is 6.24. The average molecular weight is 493 g/mol. The Kier molecular flexibility index (Phi) is 4.61. The predicted octanol–water partition coefficient (Wildman–Crippen LogP) is 3.84. The van der Waals surface area contributed by atoms with Gasteiger partial charge in [0.05, 0.1) is 16.8 Å². The lowest BCUT2D eigenvalue weighted by Gasteiger charge is -2.13. The first-order chi connectivity index (χ1) is 12.7. The summed E-state index contributed by atoms with van der Waals surface area (Å²) in [6.45, 7) is 0. The van der Waals surface area contributed by atoms with Gasteiger partial charge in [-0.2, -0.15) is 22.8 Å². The second-order valence-corrected chi connectivity index (χ2v) is 7.55. The van der Waals surface area contributed by atoms with E-state index in [1.807, 2.05) is 0 Å². The highest BCUT2D eigenvalue weighted by Gasteiger charge is 2.58. The monoisotopic (exact) mass is 492 g/mol. The molecule has 0 saturated carbocycles. The molecule has 0 aliphatic carbocycles. The Hall–Kier alpha value is -2.02. The van der Waals surface area contributed by atoms with Crippen molar-refractivity contribution in [3.05, 3.63) is 33.4 Å². The molecule has 28 heavy (non-hydrogen) atoms. The minimum atomic E-state index is -5.29. The van der Waals surface area contributed by atoms with E-state index in [1.54, 1.807) is 0 Å². The van der Waals surface area contributed by atoms with Gasteiger partial charge in [-0.25, -0.2) is 9.42 Å². The normalized spacial score (nSPS) is 18.6. The van der Waals surface area contributed by atoms with E-state index in [0.29, 0.717) is 16.8 Å². The maximum atomic E-state index is 13.8. The third-order valence-electron chi connectivity index (χ3n) is 3.58. The first kappa shape index (κ1) is 20.7. The number of nitrogens with two attached hydrogens (primary N) is 1. The fraction of sp³-hybridized carbons (Fsp3) is 0.231. The van der Waals surface area contributed by atoms with E-state index in [9.17, 15) is 35.3 Å². The van der Waals surface area contributed by atoms with Gasteiger partial charge in [-0.3, -0.25) is 0 Å². The number of hydrogen-bond acceptors (Lipinski definition) is 5. The third kappa shape index (κ3) is 3.09. The van der Waals surface area contributed by atoms with Crippen LogP contribution in [0.2, 0.25) is 0 Å². The van der Waals surface area contributed by atoms with Crippen molar-refractivity contribution >= 4 is 32.9 Å². The Morgan fingerprint density at radius 3 is 2.25 bits per heavy atom. The number of fused-ring (bicyclic) bond motifs is 1. The highest BCUT2D eigenvalue weighted by molar-refractivity contribution is 9.10. The van der Waals surface area contributed by atoms with E-state index >= 15 is 0 Å². The lowest BCUT2D eigenvalue weighted by molar-refractivity contribution is -0.369. The van der Waals surface area contributed by atoms with Crippen molar-refractivity contribution in [1.29, 1.82) is 5.26 Å². The molecule has 2 heterocycles. The van der Waals surface area contributed by atoms with Crippen LogP contribution in [0.15, 0.2) is 21.5 Å². The van der Waals surface area contributed by atoms with Gasteiger partial charge in [-0.05, 0) is 28.1 Å². The van der Waals surface area contributed by atoms with E-state index in [-0.39, 0.29) is 4.47 Å². The molecule has 1 unspecified atom stereocenters. The molecule has 1 aromatic heterocycles. The van der Waals surface area contributed by atoms with Crippen molar-refractivity contribution in [2.24, 2.45) is 0 Å². The van der Waals surface area contributed by atoms with E-state index in [1.165, 1.54) is 6.07 Å². The molecule has 15 heteroatoms. The smallest absolute Gasteiger partial charge is 0.578 e. The summed E-state index contributed by atoms with van der Waals surface area (Å²) >= 11 is -0.938. The van der Waals surface area contributed by atoms with Crippen LogP contribution in [0.25, 0.3) is 5.69 Å². The highest BCUT2D eigenvalue weighted by atomic mass is 79.9. The van der Waals surface area contributed by atoms with E-state index < -0.39 is 62.1 Å².